The van der Waals surface area contributed by atoms with Gasteiger partial charge in [0.2, 0.25) is 0 Å². The van der Waals surface area contributed by atoms with E-state index in [9.17, 15) is 18.0 Å². The summed E-state index contributed by atoms with van der Waals surface area (Å²) in [6.45, 7) is 4.12. The molecular formula is C17H23F3N2O2. The lowest BCUT2D eigenvalue weighted by Crippen LogP contribution is -2.53. The molecule has 0 radical (unpaired) electrons. The minimum Gasteiger partial charge on any atom is -0.445 e. The quantitative estimate of drug-likeness (QED) is 0.838. The van der Waals surface area contributed by atoms with Crippen molar-refractivity contribution in [3.8, 4) is 0 Å². The van der Waals surface area contributed by atoms with Crippen LogP contribution in [0.3, 0.4) is 0 Å². The van der Waals surface area contributed by atoms with Crippen molar-refractivity contribution in [3.63, 3.8) is 0 Å². The first-order valence-corrected chi connectivity index (χ1v) is 7.94. The number of halogens is 3. The summed E-state index contributed by atoms with van der Waals surface area (Å²) in [7, 11) is 0. The molecule has 1 aromatic carbocycles. The summed E-state index contributed by atoms with van der Waals surface area (Å²) in [5, 5.41) is 0. The van der Waals surface area contributed by atoms with E-state index in [1.165, 1.54) is 13.8 Å². The highest BCUT2D eigenvalue weighted by Crippen LogP contribution is 2.38. The SMILES string of the molecule is CC(C)(CN1CCN(C(=O)OCc2ccccc2)CC1)C(F)(F)F. The van der Waals surface area contributed by atoms with E-state index in [1.54, 1.807) is 9.80 Å². The van der Waals surface area contributed by atoms with E-state index >= 15 is 0 Å². The number of piperazine rings is 1. The molecule has 1 heterocycles. The summed E-state index contributed by atoms with van der Waals surface area (Å²) in [5.41, 5.74) is -0.861. The molecule has 0 bridgehead atoms. The molecule has 2 rings (SSSR count). The maximum Gasteiger partial charge on any atom is 0.410 e. The van der Waals surface area contributed by atoms with Crippen LogP contribution in [-0.2, 0) is 11.3 Å². The number of carbonyl (C=O) groups is 1. The number of rotatable bonds is 4. The van der Waals surface area contributed by atoms with Crippen LogP contribution in [0.25, 0.3) is 0 Å². The highest BCUT2D eigenvalue weighted by molar-refractivity contribution is 5.67. The Balaban J connectivity index is 1.77. The van der Waals surface area contributed by atoms with Crippen LogP contribution in [0.5, 0.6) is 0 Å². The first kappa shape index (κ1) is 18.6. The molecule has 1 aliphatic heterocycles. The maximum atomic E-state index is 12.9. The first-order valence-electron chi connectivity index (χ1n) is 7.94. The van der Waals surface area contributed by atoms with E-state index < -0.39 is 17.7 Å². The van der Waals surface area contributed by atoms with Gasteiger partial charge in [0, 0.05) is 32.7 Å². The lowest BCUT2D eigenvalue weighted by Gasteiger charge is -2.39. The van der Waals surface area contributed by atoms with Gasteiger partial charge in [-0.05, 0) is 19.4 Å². The van der Waals surface area contributed by atoms with Crippen LogP contribution in [0.2, 0.25) is 0 Å². The number of alkyl halides is 3. The van der Waals surface area contributed by atoms with Gasteiger partial charge in [0.15, 0.2) is 0 Å². The second-order valence-electron chi connectivity index (χ2n) is 6.69. The number of carbonyl (C=O) groups excluding carboxylic acids is 1. The molecule has 134 valence electrons. The fourth-order valence-corrected chi connectivity index (χ4v) is 2.55. The van der Waals surface area contributed by atoms with Crippen molar-refractivity contribution < 1.29 is 22.7 Å². The van der Waals surface area contributed by atoms with Crippen molar-refractivity contribution in [2.45, 2.75) is 26.6 Å². The number of hydrogen-bond acceptors (Lipinski definition) is 3. The number of hydrogen-bond donors (Lipinski definition) is 0. The van der Waals surface area contributed by atoms with E-state index in [4.69, 9.17) is 4.74 Å². The van der Waals surface area contributed by atoms with E-state index in [2.05, 4.69) is 0 Å². The summed E-state index contributed by atoms with van der Waals surface area (Å²) in [4.78, 5) is 15.3. The van der Waals surface area contributed by atoms with Gasteiger partial charge in [-0.1, -0.05) is 30.3 Å². The van der Waals surface area contributed by atoms with Crippen molar-refractivity contribution in [2.24, 2.45) is 5.41 Å². The van der Waals surface area contributed by atoms with Crippen LogP contribution in [0.15, 0.2) is 30.3 Å². The fraction of sp³-hybridized carbons (Fsp3) is 0.588. The molecule has 1 aromatic rings. The third-order valence-corrected chi connectivity index (χ3v) is 4.22. The molecule has 1 amide bonds. The Hall–Kier alpha value is -1.76. The predicted octanol–water partition coefficient (Wildman–Crippen LogP) is 3.53. The normalized spacial score (nSPS) is 17.0. The molecule has 0 saturated carbocycles. The van der Waals surface area contributed by atoms with Crippen LogP contribution in [0.4, 0.5) is 18.0 Å². The van der Waals surface area contributed by atoms with E-state index in [0.717, 1.165) is 5.56 Å². The van der Waals surface area contributed by atoms with E-state index in [-0.39, 0.29) is 13.2 Å². The number of amides is 1. The lowest BCUT2D eigenvalue weighted by molar-refractivity contribution is -0.217. The van der Waals surface area contributed by atoms with Crippen molar-refractivity contribution in [1.82, 2.24) is 9.80 Å². The van der Waals surface area contributed by atoms with Crippen molar-refractivity contribution in [2.75, 3.05) is 32.7 Å². The molecule has 0 aromatic heterocycles. The number of benzene rings is 1. The summed E-state index contributed by atoms with van der Waals surface area (Å²) in [6, 6.07) is 9.34. The largest absolute Gasteiger partial charge is 0.445 e. The van der Waals surface area contributed by atoms with Gasteiger partial charge in [0.1, 0.15) is 6.61 Å². The van der Waals surface area contributed by atoms with E-state index in [0.29, 0.717) is 26.2 Å². The van der Waals surface area contributed by atoms with Gasteiger partial charge in [0.05, 0.1) is 5.41 Å². The highest BCUT2D eigenvalue weighted by atomic mass is 19.4. The Morgan fingerprint density at radius 1 is 1.08 bits per heavy atom. The van der Waals surface area contributed by atoms with Gasteiger partial charge < -0.3 is 9.64 Å². The number of ether oxygens (including phenoxy) is 1. The zero-order valence-electron chi connectivity index (χ0n) is 14.0. The maximum absolute atomic E-state index is 12.9. The lowest BCUT2D eigenvalue weighted by atomic mass is 9.91. The molecule has 0 N–H and O–H groups in total. The minimum atomic E-state index is -4.24. The molecule has 7 heteroatoms. The first-order chi connectivity index (χ1) is 11.2. The molecule has 1 fully saturated rings. The topological polar surface area (TPSA) is 32.8 Å². The molecule has 0 spiro atoms. The highest BCUT2D eigenvalue weighted by Gasteiger charge is 2.48. The van der Waals surface area contributed by atoms with Crippen LogP contribution in [0, 0.1) is 5.41 Å². The monoisotopic (exact) mass is 344 g/mol. The van der Waals surface area contributed by atoms with Crippen LogP contribution in [0.1, 0.15) is 19.4 Å². The van der Waals surface area contributed by atoms with Gasteiger partial charge in [-0.2, -0.15) is 13.2 Å². The zero-order valence-corrected chi connectivity index (χ0v) is 14.0. The number of nitrogens with zero attached hydrogens (tertiary/aromatic N) is 2. The fourth-order valence-electron chi connectivity index (χ4n) is 2.55. The molecule has 0 unspecified atom stereocenters. The Kier molecular flexibility index (Phi) is 5.74. The molecule has 1 saturated heterocycles. The molecular weight excluding hydrogens is 321 g/mol. The average molecular weight is 344 g/mol. The summed E-state index contributed by atoms with van der Waals surface area (Å²) in [6.07, 6.45) is -4.66. The second-order valence-corrected chi connectivity index (χ2v) is 6.69. The van der Waals surface area contributed by atoms with Crippen molar-refractivity contribution in [3.05, 3.63) is 35.9 Å². The van der Waals surface area contributed by atoms with E-state index in [1.807, 2.05) is 30.3 Å². The molecule has 0 atom stereocenters. The smallest absolute Gasteiger partial charge is 0.410 e. The Bertz CT molecular complexity index is 539. The van der Waals surface area contributed by atoms with Crippen molar-refractivity contribution >= 4 is 6.09 Å². The van der Waals surface area contributed by atoms with Crippen molar-refractivity contribution in [1.29, 1.82) is 0 Å². The summed E-state index contributed by atoms with van der Waals surface area (Å²) < 4.78 is 44.1. The third kappa shape index (κ3) is 4.87. The van der Waals surface area contributed by atoms with Crippen LogP contribution < -0.4 is 0 Å². The van der Waals surface area contributed by atoms with Gasteiger partial charge in [-0.3, -0.25) is 4.90 Å². The minimum absolute atomic E-state index is 0.0661. The molecule has 0 aliphatic carbocycles. The van der Waals surface area contributed by atoms with Gasteiger partial charge in [-0.15, -0.1) is 0 Å². The zero-order chi connectivity index (χ0) is 17.8. The average Bonchev–Trinajstić information content (AvgIpc) is 2.53. The molecule has 24 heavy (non-hydrogen) atoms. The Morgan fingerprint density at radius 2 is 1.67 bits per heavy atom. The van der Waals surface area contributed by atoms with Gasteiger partial charge in [-0.25, -0.2) is 4.79 Å². The summed E-state index contributed by atoms with van der Waals surface area (Å²) in [5.74, 6) is 0. The van der Waals surface area contributed by atoms with Gasteiger partial charge in [0.25, 0.3) is 0 Å². The van der Waals surface area contributed by atoms with Crippen LogP contribution >= 0.6 is 0 Å². The van der Waals surface area contributed by atoms with Crippen LogP contribution in [-0.4, -0.2) is 54.8 Å². The standard InChI is InChI=1S/C17H23F3N2O2/c1-16(2,17(18,19)20)13-21-8-10-22(11-9-21)15(23)24-12-14-6-4-3-5-7-14/h3-7H,8-13H2,1-2H3. The van der Waals surface area contributed by atoms with Gasteiger partial charge >= 0.3 is 12.3 Å². The molecule has 4 nitrogen and oxygen atoms in total. The third-order valence-electron chi connectivity index (χ3n) is 4.22. The predicted molar refractivity (Wildman–Crippen MR) is 84.5 cm³/mol. The second kappa shape index (κ2) is 7.42. The molecule has 1 aliphatic rings. The Labute approximate surface area is 140 Å². The summed E-state index contributed by atoms with van der Waals surface area (Å²) >= 11 is 0. The Morgan fingerprint density at radius 3 is 2.21 bits per heavy atom.